The number of rotatable bonds is 14. The van der Waals surface area contributed by atoms with Gasteiger partial charge < -0.3 is 14.3 Å². The fourth-order valence-electron chi connectivity index (χ4n) is 9.02. The molecule has 0 amide bonds. The van der Waals surface area contributed by atoms with Gasteiger partial charge in [-0.2, -0.15) is 0 Å². The fraction of sp³-hybridized carbons (Fsp3) is 0.525. The van der Waals surface area contributed by atoms with Crippen molar-refractivity contribution in [3.05, 3.63) is 90.0 Å². The highest BCUT2D eigenvalue weighted by atomic mass is 28.4. The van der Waals surface area contributed by atoms with E-state index >= 15 is 0 Å². The second-order valence-corrected chi connectivity index (χ2v) is 18.4. The molecular weight excluding hydrogens is 573 g/mol. The van der Waals surface area contributed by atoms with Crippen LogP contribution < -0.4 is 15.1 Å². The third kappa shape index (κ3) is 7.25. The summed E-state index contributed by atoms with van der Waals surface area (Å²) in [7, 11) is -1.34. The monoisotopic (exact) mass is 626 g/mol. The fourth-order valence-corrected chi connectivity index (χ4v) is 12.8. The number of benzene rings is 3. The van der Waals surface area contributed by atoms with Gasteiger partial charge in [0.05, 0.1) is 7.11 Å². The van der Waals surface area contributed by atoms with Crippen LogP contribution in [0, 0.1) is 23.7 Å². The first-order chi connectivity index (χ1) is 21.7. The summed E-state index contributed by atoms with van der Waals surface area (Å²) in [6.45, 7) is 8.41. The van der Waals surface area contributed by atoms with Crippen LogP contribution in [0.5, 0.6) is 5.75 Å². The first-order valence-electron chi connectivity index (χ1n) is 17.3. The molecule has 2 aliphatic carbocycles. The number of esters is 1. The maximum atomic E-state index is 13.0. The molecule has 5 heteroatoms. The minimum Gasteiger partial charge on any atom is -0.496 e. The molecule has 5 atom stereocenters. The molecule has 2 aliphatic rings. The van der Waals surface area contributed by atoms with Gasteiger partial charge in [0, 0.05) is 6.92 Å². The Morgan fingerprint density at radius 3 is 2.20 bits per heavy atom. The SMILES string of the molecule is CCCCCC(CC[C@H]1[C@H](CC(C)(C)[Si](O)(c2ccccc2)c2ccccc2)C[C@@H]2Cc3c(cccc3OC)C[C@@H]21)OC(C)=O. The molecule has 1 fully saturated rings. The first-order valence-corrected chi connectivity index (χ1v) is 19.3. The molecule has 0 heterocycles. The normalized spacial score (nSPS) is 21.9. The van der Waals surface area contributed by atoms with Crippen LogP contribution in [-0.2, 0) is 22.4 Å². The Morgan fingerprint density at radius 2 is 1.60 bits per heavy atom. The van der Waals surface area contributed by atoms with Crippen LogP contribution in [-0.4, -0.2) is 32.3 Å². The maximum absolute atomic E-state index is 13.0. The molecule has 242 valence electrons. The van der Waals surface area contributed by atoms with Gasteiger partial charge in [0.15, 0.2) is 0 Å². The Morgan fingerprint density at radius 1 is 0.933 bits per heavy atom. The quantitative estimate of drug-likeness (QED) is 0.112. The van der Waals surface area contributed by atoms with Crippen LogP contribution in [0.3, 0.4) is 0 Å². The lowest BCUT2D eigenvalue weighted by molar-refractivity contribution is -0.147. The lowest BCUT2D eigenvalue weighted by Gasteiger charge is -2.44. The van der Waals surface area contributed by atoms with Crippen molar-refractivity contribution in [1.82, 2.24) is 0 Å². The zero-order valence-electron chi connectivity index (χ0n) is 28.1. The van der Waals surface area contributed by atoms with Crippen molar-refractivity contribution >= 4 is 24.7 Å². The van der Waals surface area contributed by atoms with Crippen molar-refractivity contribution in [3.8, 4) is 5.75 Å². The number of fused-ring (bicyclic) bond motifs is 2. The van der Waals surface area contributed by atoms with E-state index in [9.17, 15) is 9.59 Å². The molecule has 45 heavy (non-hydrogen) atoms. The van der Waals surface area contributed by atoms with Gasteiger partial charge in [-0.1, -0.05) is 106 Å². The summed E-state index contributed by atoms with van der Waals surface area (Å²) in [5.74, 6) is 3.03. The van der Waals surface area contributed by atoms with Crippen molar-refractivity contribution in [1.29, 1.82) is 0 Å². The zero-order chi connectivity index (χ0) is 32.0. The lowest BCUT2D eigenvalue weighted by Crippen LogP contribution is -2.65. The Bertz CT molecular complexity index is 1350. The van der Waals surface area contributed by atoms with Crippen molar-refractivity contribution in [2.75, 3.05) is 7.11 Å². The maximum Gasteiger partial charge on any atom is 0.302 e. The molecule has 1 unspecified atom stereocenters. The van der Waals surface area contributed by atoms with E-state index in [0.717, 1.165) is 67.5 Å². The van der Waals surface area contributed by atoms with Gasteiger partial charge in [-0.15, -0.1) is 0 Å². The number of unbranched alkanes of at least 4 members (excludes halogenated alkanes) is 2. The highest BCUT2D eigenvalue weighted by Crippen LogP contribution is 2.56. The minimum absolute atomic E-state index is 0.0160. The summed E-state index contributed by atoms with van der Waals surface area (Å²) < 4.78 is 11.7. The minimum atomic E-state index is -3.13. The second-order valence-electron chi connectivity index (χ2n) is 14.4. The van der Waals surface area contributed by atoms with E-state index in [1.807, 2.05) is 12.1 Å². The van der Waals surface area contributed by atoms with Gasteiger partial charge in [-0.05, 0) is 108 Å². The average Bonchev–Trinajstić information content (AvgIpc) is 3.37. The number of hydrogen-bond acceptors (Lipinski definition) is 4. The predicted octanol–water partition coefficient (Wildman–Crippen LogP) is 7.88. The molecule has 4 nitrogen and oxygen atoms in total. The van der Waals surface area contributed by atoms with E-state index in [1.54, 1.807) is 14.0 Å². The predicted molar refractivity (Wildman–Crippen MR) is 187 cm³/mol. The molecule has 1 saturated carbocycles. The van der Waals surface area contributed by atoms with Gasteiger partial charge in [-0.3, -0.25) is 4.79 Å². The number of ether oxygens (including phenoxy) is 2. The van der Waals surface area contributed by atoms with Crippen molar-refractivity contribution in [3.63, 3.8) is 0 Å². The Kier molecular flexibility index (Phi) is 10.9. The van der Waals surface area contributed by atoms with Gasteiger partial charge in [-0.25, -0.2) is 0 Å². The molecule has 3 aromatic carbocycles. The third-order valence-electron chi connectivity index (χ3n) is 11.2. The standard InChI is InChI=1S/C40H54O4Si/c1-6-7-10-17-33(44-29(2)41)23-24-36-32(25-31-27-38-30(26-37(31)36)16-15-22-39(38)43-5)28-40(3,4)45(42,34-18-11-8-12-19-34)35-20-13-9-14-21-35/h8-9,11-16,18-22,31-33,36-37,42H,6-7,10,17,23-28H2,1-5H3/t31-,32+,33?,36+,37+/m1/s1. The number of carbonyl (C=O) groups excluding carboxylic acids is 1. The summed E-state index contributed by atoms with van der Waals surface area (Å²) in [6, 6.07) is 27.4. The van der Waals surface area contributed by atoms with Crippen molar-refractivity contribution < 1.29 is 19.1 Å². The molecule has 0 saturated heterocycles. The zero-order valence-corrected chi connectivity index (χ0v) is 29.1. The van der Waals surface area contributed by atoms with Crippen molar-refractivity contribution in [2.24, 2.45) is 23.7 Å². The molecule has 0 bridgehead atoms. The largest absolute Gasteiger partial charge is 0.496 e. The lowest BCUT2D eigenvalue weighted by atomic mass is 9.72. The molecule has 0 spiro atoms. The number of methoxy groups -OCH3 is 1. The summed E-state index contributed by atoms with van der Waals surface area (Å²) in [4.78, 5) is 25.1. The molecular formula is C40H54O4Si. The van der Waals surface area contributed by atoms with E-state index in [1.165, 1.54) is 24.0 Å². The van der Waals surface area contributed by atoms with Crippen LogP contribution >= 0.6 is 0 Å². The van der Waals surface area contributed by atoms with Crippen LogP contribution in [0.25, 0.3) is 0 Å². The van der Waals surface area contributed by atoms with Crippen LogP contribution in [0.2, 0.25) is 5.04 Å². The average molecular weight is 627 g/mol. The Labute approximate surface area is 272 Å². The van der Waals surface area contributed by atoms with Gasteiger partial charge in [0.2, 0.25) is 0 Å². The van der Waals surface area contributed by atoms with Crippen LogP contribution in [0.15, 0.2) is 78.9 Å². The highest BCUT2D eigenvalue weighted by molar-refractivity contribution is 6.98. The molecule has 0 aliphatic heterocycles. The second kappa shape index (κ2) is 14.7. The molecule has 5 rings (SSSR count). The van der Waals surface area contributed by atoms with E-state index in [4.69, 9.17) is 9.47 Å². The molecule has 1 N–H and O–H groups in total. The van der Waals surface area contributed by atoms with Gasteiger partial charge >= 0.3 is 5.97 Å². The van der Waals surface area contributed by atoms with Gasteiger partial charge in [0.1, 0.15) is 11.9 Å². The molecule has 3 aromatic rings. The van der Waals surface area contributed by atoms with E-state index in [2.05, 4.69) is 87.5 Å². The summed E-state index contributed by atoms with van der Waals surface area (Å²) >= 11 is 0. The molecule has 0 radical (unpaired) electrons. The summed E-state index contributed by atoms with van der Waals surface area (Å²) in [5.41, 5.74) is 2.82. The first kappa shape index (κ1) is 33.5. The summed E-state index contributed by atoms with van der Waals surface area (Å²) in [6.07, 6.45) is 10.6. The molecule has 0 aromatic heterocycles. The Hall–Kier alpha value is -2.89. The van der Waals surface area contributed by atoms with E-state index in [0.29, 0.717) is 23.7 Å². The van der Waals surface area contributed by atoms with Crippen LogP contribution in [0.4, 0.5) is 0 Å². The third-order valence-corrected chi connectivity index (χ3v) is 15.7. The topological polar surface area (TPSA) is 55.8 Å². The van der Waals surface area contributed by atoms with Crippen molar-refractivity contribution in [2.45, 2.75) is 103 Å². The summed E-state index contributed by atoms with van der Waals surface area (Å²) in [5, 5.41) is 1.86. The van der Waals surface area contributed by atoms with Gasteiger partial charge in [0.25, 0.3) is 8.32 Å². The smallest absolute Gasteiger partial charge is 0.302 e. The van der Waals surface area contributed by atoms with Crippen LogP contribution in [0.1, 0.15) is 90.2 Å². The Balaban J connectivity index is 1.47. The highest BCUT2D eigenvalue weighted by Gasteiger charge is 2.54. The number of hydrogen-bond donors (Lipinski definition) is 1. The number of carbonyl (C=O) groups is 1. The van der Waals surface area contributed by atoms with E-state index < -0.39 is 8.32 Å². The van der Waals surface area contributed by atoms with E-state index in [-0.39, 0.29) is 17.1 Å².